The van der Waals surface area contributed by atoms with Crippen LogP contribution < -0.4 is 32.3 Å². The number of halogens is 2. The fourth-order valence-electron chi connectivity index (χ4n) is 3.65. The van der Waals surface area contributed by atoms with Gasteiger partial charge in [-0.2, -0.15) is 0 Å². The maximum atomic E-state index is 12.9. The summed E-state index contributed by atoms with van der Waals surface area (Å²) >= 11 is 0. The Hall–Kier alpha value is -4.10. The lowest BCUT2D eigenvalue weighted by molar-refractivity contribution is 0.0944. The number of amides is 3. The minimum Gasteiger partial charge on any atom is -0.397 e. The number of guanidine groups is 1. The number of nitrogen functional groups attached to an aromatic ring is 1. The molecule has 0 unspecified atom stereocenters. The summed E-state index contributed by atoms with van der Waals surface area (Å²) in [5, 5.41) is 14.3. The number of aromatic nitrogens is 3. The number of aliphatic imine (C=N–C) groups is 1. The Morgan fingerprint density at radius 1 is 0.763 bits per heavy atom. The van der Waals surface area contributed by atoms with Crippen molar-refractivity contribution in [2.24, 2.45) is 26.1 Å². The molecular weight excluding hydrogens is 535 g/mol. The molecular formula is C23H34Cl2N10O3. The van der Waals surface area contributed by atoms with E-state index in [-0.39, 0.29) is 42.5 Å². The summed E-state index contributed by atoms with van der Waals surface area (Å²) in [6.45, 7) is 0.886. The quantitative estimate of drug-likeness (QED) is 0.135. The van der Waals surface area contributed by atoms with Gasteiger partial charge in [0, 0.05) is 66.9 Å². The standard InChI is InChI=1S/C23H32N10O3.2ClH/c1-25-23(26-2)28-7-6-27-20(34)18-9-15(12-32(18)4)30-22(36)19-10-16(13-33(19)5)29-21(35)17-8-14(24)11-31(17)3;;/h8-13H,6-7,24H2,1-5H3,(H,27,34)(H,29,35)(H,30,36)(H2,25,26,28);2*1H. The molecule has 3 amide bonds. The summed E-state index contributed by atoms with van der Waals surface area (Å²) in [6, 6.07) is 4.74. The second-order valence-electron chi connectivity index (χ2n) is 8.13. The maximum Gasteiger partial charge on any atom is 0.272 e. The normalized spacial score (nSPS) is 10.6. The van der Waals surface area contributed by atoms with Gasteiger partial charge in [-0.05, 0) is 18.2 Å². The van der Waals surface area contributed by atoms with Gasteiger partial charge in [-0.3, -0.25) is 19.4 Å². The van der Waals surface area contributed by atoms with Crippen LogP contribution in [0, 0.1) is 0 Å². The SMILES string of the molecule is CN=C(NC)NCCNC(=O)c1cc(NC(=O)c2cc(NC(=O)c3cc(N)cn3C)cn2C)cn1C.Cl.Cl. The molecule has 208 valence electrons. The third kappa shape index (κ3) is 7.70. The molecule has 0 bridgehead atoms. The van der Waals surface area contributed by atoms with Gasteiger partial charge in [-0.1, -0.05) is 0 Å². The van der Waals surface area contributed by atoms with Crippen molar-refractivity contribution < 1.29 is 14.4 Å². The number of hydrogen-bond acceptors (Lipinski definition) is 5. The zero-order valence-electron chi connectivity index (χ0n) is 21.8. The van der Waals surface area contributed by atoms with Gasteiger partial charge >= 0.3 is 0 Å². The van der Waals surface area contributed by atoms with Crippen molar-refractivity contribution in [3.05, 3.63) is 53.9 Å². The third-order valence-corrected chi connectivity index (χ3v) is 5.41. The van der Waals surface area contributed by atoms with Gasteiger partial charge in [0.05, 0.1) is 17.1 Å². The van der Waals surface area contributed by atoms with Crippen molar-refractivity contribution in [3.8, 4) is 0 Å². The molecule has 3 aromatic rings. The van der Waals surface area contributed by atoms with Crippen molar-refractivity contribution in [3.63, 3.8) is 0 Å². The van der Waals surface area contributed by atoms with Crippen LogP contribution in [-0.2, 0) is 21.1 Å². The number of nitrogens with one attached hydrogen (secondary N) is 5. The summed E-state index contributed by atoms with van der Waals surface area (Å²) in [4.78, 5) is 42.0. The Labute approximate surface area is 233 Å². The van der Waals surface area contributed by atoms with E-state index in [0.717, 1.165) is 0 Å². The molecule has 0 atom stereocenters. The number of rotatable bonds is 8. The van der Waals surface area contributed by atoms with E-state index in [0.29, 0.717) is 53.2 Å². The molecule has 0 saturated heterocycles. The van der Waals surface area contributed by atoms with E-state index >= 15 is 0 Å². The van der Waals surface area contributed by atoms with Gasteiger partial charge in [-0.15, -0.1) is 24.8 Å². The average molecular weight is 569 g/mol. The number of hydrogen-bond donors (Lipinski definition) is 6. The Kier molecular flexibility index (Phi) is 11.8. The largest absolute Gasteiger partial charge is 0.397 e. The molecule has 3 aromatic heterocycles. The highest BCUT2D eigenvalue weighted by molar-refractivity contribution is 6.07. The van der Waals surface area contributed by atoms with E-state index in [1.54, 1.807) is 85.7 Å². The van der Waals surface area contributed by atoms with E-state index in [1.807, 2.05) is 0 Å². The lowest BCUT2D eigenvalue weighted by Crippen LogP contribution is -2.40. The molecule has 0 saturated carbocycles. The van der Waals surface area contributed by atoms with Gasteiger partial charge in [0.15, 0.2) is 5.96 Å². The smallest absolute Gasteiger partial charge is 0.272 e. The second kappa shape index (κ2) is 14.0. The summed E-state index contributed by atoms with van der Waals surface area (Å²) < 4.78 is 4.86. The molecule has 15 heteroatoms. The number of carbonyl (C=O) groups excluding carboxylic acids is 3. The fourth-order valence-corrected chi connectivity index (χ4v) is 3.65. The van der Waals surface area contributed by atoms with Gasteiger partial charge in [0.2, 0.25) is 0 Å². The van der Waals surface area contributed by atoms with E-state index in [4.69, 9.17) is 5.73 Å². The van der Waals surface area contributed by atoms with Gasteiger partial charge in [0.25, 0.3) is 17.7 Å². The Morgan fingerprint density at radius 2 is 1.21 bits per heavy atom. The Morgan fingerprint density at radius 3 is 1.66 bits per heavy atom. The molecule has 3 heterocycles. The van der Waals surface area contributed by atoms with Crippen molar-refractivity contribution in [2.75, 3.05) is 43.6 Å². The van der Waals surface area contributed by atoms with Gasteiger partial charge in [0.1, 0.15) is 17.1 Å². The number of anilines is 3. The van der Waals surface area contributed by atoms with E-state index in [1.165, 1.54) is 0 Å². The first-order valence-corrected chi connectivity index (χ1v) is 11.2. The lowest BCUT2D eigenvalue weighted by Gasteiger charge is -2.09. The summed E-state index contributed by atoms with van der Waals surface area (Å²) in [5.74, 6) is -0.378. The molecule has 0 aromatic carbocycles. The van der Waals surface area contributed by atoms with Crippen LogP contribution in [-0.4, -0.2) is 64.6 Å². The highest BCUT2D eigenvalue weighted by atomic mass is 35.5. The fraction of sp³-hybridized carbons (Fsp3) is 0.304. The van der Waals surface area contributed by atoms with Crippen LogP contribution in [0.2, 0.25) is 0 Å². The van der Waals surface area contributed by atoms with Gasteiger partial charge < -0.3 is 46.0 Å². The topological polar surface area (TPSA) is 165 Å². The Balaban J connectivity index is 0.00000361. The van der Waals surface area contributed by atoms with Crippen LogP contribution in [0.3, 0.4) is 0 Å². The first-order valence-electron chi connectivity index (χ1n) is 11.2. The zero-order valence-corrected chi connectivity index (χ0v) is 23.4. The Bertz CT molecular complexity index is 1310. The predicted molar refractivity (Wildman–Crippen MR) is 154 cm³/mol. The first-order chi connectivity index (χ1) is 17.1. The third-order valence-electron chi connectivity index (χ3n) is 5.41. The number of nitrogens with zero attached hydrogens (tertiary/aromatic N) is 4. The molecule has 0 fully saturated rings. The lowest BCUT2D eigenvalue weighted by atomic mass is 10.3. The molecule has 38 heavy (non-hydrogen) atoms. The molecule has 7 N–H and O–H groups in total. The highest BCUT2D eigenvalue weighted by Crippen LogP contribution is 2.19. The summed E-state index contributed by atoms with van der Waals surface area (Å²) in [7, 11) is 8.55. The van der Waals surface area contributed by atoms with Crippen molar-refractivity contribution in [1.29, 1.82) is 0 Å². The zero-order chi connectivity index (χ0) is 26.4. The average Bonchev–Trinajstić information content (AvgIpc) is 3.49. The van der Waals surface area contributed by atoms with E-state index in [9.17, 15) is 14.4 Å². The number of aryl methyl sites for hydroxylation is 3. The second-order valence-corrected chi connectivity index (χ2v) is 8.13. The molecule has 0 aliphatic carbocycles. The minimum atomic E-state index is -0.388. The predicted octanol–water partition coefficient (Wildman–Crippen LogP) is 1.16. The monoisotopic (exact) mass is 568 g/mol. The van der Waals surface area contributed by atoms with Crippen molar-refractivity contribution in [2.45, 2.75) is 0 Å². The maximum absolute atomic E-state index is 12.9. The highest BCUT2D eigenvalue weighted by Gasteiger charge is 2.18. The van der Waals surface area contributed by atoms with E-state index < -0.39 is 0 Å². The van der Waals surface area contributed by atoms with Crippen LogP contribution in [0.25, 0.3) is 0 Å². The molecule has 0 aliphatic rings. The molecule has 0 aliphatic heterocycles. The van der Waals surface area contributed by atoms with Crippen LogP contribution in [0.15, 0.2) is 41.8 Å². The molecule has 0 spiro atoms. The van der Waals surface area contributed by atoms with Crippen molar-refractivity contribution >= 4 is 65.6 Å². The van der Waals surface area contributed by atoms with E-state index in [2.05, 4.69) is 31.6 Å². The number of carbonyl (C=O) groups is 3. The summed E-state index contributed by atoms with van der Waals surface area (Å²) in [5.41, 5.74) is 8.27. The number of nitrogens with two attached hydrogens (primary N) is 1. The minimum absolute atomic E-state index is 0. The van der Waals surface area contributed by atoms with Crippen LogP contribution in [0.5, 0.6) is 0 Å². The van der Waals surface area contributed by atoms with Crippen LogP contribution in [0.1, 0.15) is 31.5 Å². The molecule has 0 radical (unpaired) electrons. The van der Waals surface area contributed by atoms with Crippen molar-refractivity contribution in [1.82, 2.24) is 29.7 Å². The van der Waals surface area contributed by atoms with Gasteiger partial charge in [-0.25, -0.2) is 0 Å². The van der Waals surface area contributed by atoms with Crippen LogP contribution >= 0.6 is 24.8 Å². The molecule has 3 rings (SSSR count). The first kappa shape index (κ1) is 31.9. The van der Waals surface area contributed by atoms with Crippen LogP contribution in [0.4, 0.5) is 17.1 Å². The molecule has 13 nitrogen and oxygen atoms in total. The summed E-state index contributed by atoms with van der Waals surface area (Å²) in [6.07, 6.45) is 4.93.